The normalized spacial score (nSPS) is 12.7. The highest BCUT2D eigenvalue weighted by Gasteiger charge is 2.13. The van der Waals surface area contributed by atoms with Crippen LogP contribution in [0.5, 0.6) is 0 Å². The molecule has 0 saturated heterocycles. The lowest BCUT2D eigenvalue weighted by atomic mass is 9.96. The molecule has 0 aliphatic carbocycles. The molecule has 0 bridgehead atoms. The van der Waals surface area contributed by atoms with Gasteiger partial charge < -0.3 is 5.32 Å². The first-order chi connectivity index (χ1) is 8.13. The Kier molecular flexibility index (Phi) is 3.29. The number of nitrogens with zero attached hydrogens (tertiary/aromatic N) is 2. The molecule has 0 radical (unpaired) electrons. The largest absolute Gasteiger partial charge is 0.313 e. The van der Waals surface area contributed by atoms with E-state index < -0.39 is 0 Å². The van der Waals surface area contributed by atoms with Crippen molar-refractivity contribution in [3.8, 4) is 11.1 Å². The molecular weight excluding hydrogens is 210 g/mol. The van der Waals surface area contributed by atoms with E-state index in [1.54, 1.807) is 0 Å². The Morgan fingerprint density at radius 1 is 1.24 bits per heavy atom. The SMILES string of the molecule is CNC(C)c1ccccc1-c1cn(C)nc1C. The van der Waals surface area contributed by atoms with Crippen LogP contribution < -0.4 is 5.32 Å². The Labute approximate surface area is 102 Å². The molecule has 0 aliphatic rings. The van der Waals surface area contributed by atoms with Gasteiger partial charge in [0.25, 0.3) is 0 Å². The van der Waals surface area contributed by atoms with Gasteiger partial charge in [-0.2, -0.15) is 5.10 Å². The van der Waals surface area contributed by atoms with Gasteiger partial charge >= 0.3 is 0 Å². The summed E-state index contributed by atoms with van der Waals surface area (Å²) < 4.78 is 1.87. The fraction of sp³-hybridized carbons (Fsp3) is 0.357. The molecule has 0 aliphatic heterocycles. The summed E-state index contributed by atoms with van der Waals surface area (Å²) in [5.74, 6) is 0. The smallest absolute Gasteiger partial charge is 0.0672 e. The first-order valence-electron chi connectivity index (χ1n) is 5.90. The highest BCUT2D eigenvalue weighted by molar-refractivity contribution is 5.69. The molecule has 1 unspecified atom stereocenters. The lowest BCUT2D eigenvalue weighted by molar-refractivity contribution is 0.654. The first kappa shape index (κ1) is 11.9. The van der Waals surface area contributed by atoms with Crippen molar-refractivity contribution in [2.75, 3.05) is 7.05 Å². The van der Waals surface area contributed by atoms with Crippen LogP contribution in [0.4, 0.5) is 0 Å². The van der Waals surface area contributed by atoms with Gasteiger partial charge in [-0.25, -0.2) is 0 Å². The van der Waals surface area contributed by atoms with Gasteiger partial charge in [0.2, 0.25) is 0 Å². The number of hydrogen-bond acceptors (Lipinski definition) is 2. The topological polar surface area (TPSA) is 29.9 Å². The summed E-state index contributed by atoms with van der Waals surface area (Å²) in [6.07, 6.45) is 2.08. The van der Waals surface area contributed by atoms with Gasteiger partial charge in [0.1, 0.15) is 0 Å². The van der Waals surface area contributed by atoms with Crippen LogP contribution in [0.3, 0.4) is 0 Å². The molecule has 1 N–H and O–H groups in total. The maximum absolute atomic E-state index is 4.41. The van der Waals surface area contributed by atoms with E-state index >= 15 is 0 Å². The van der Waals surface area contributed by atoms with Crippen LogP contribution in [0, 0.1) is 6.92 Å². The number of aryl methyl sites for hydroxylation is 2. The Balaban J connectivity index is 2.55. The Morgan fingerprint density at radius 2 is 1.94 bits per heavy atom. The molecule has 1 aromatic heterocycles. The molecule has 0 spiro atoms. The van der Waals surface area contributed by atoms with E-state index in [1.807, 2.05) is 18.8 Å². The van der Waals surface area contributed by atoms with Gasteiger partial charge in [-0.15, -0.1) is 0 Å². The van der Waals surface area contributed by atoms with Crippen LogP contribution in [0.15, 0.2) is 30.5 Å². The number of hydrogen-bond donors (Lipinski definition) is 1. The second kappa shape index (κ2) is 4.72. The zero-order valence-electron chi connectivity index (χ0n) is 10.9. The second-order valence-corrected chi connectivity index (χ2v) is 4.40. The van der Waals surface area contributed by atoms with E-state index in [0.29, 0.717) is 6.04 Å². The maximum Gasteiger partial charge on any atom is 0.0672 e. The highest BCUT2D eigenvalue weighted by atomic mass is 15.2. The predicted octanol–water partition coefficient (Wildman–Crippen LogP) is 2.68. The zero-order valence-corrected chi connectivity index (χ0v) is 10.9. The van der Waals surface area contributed by atoms with Crippen molar-refractivity contribution in [2.45, 2.75) is 19.9 Å². The van der Waals surface area contributed by atoms with E-state index in [4.69, 9.17) is 0 Å². The molecule has 2 aromatic rings. The molecule has 0 fully saturated rings. The van der Waals surface area contributed by atoms with Crippen molar-refractivity contribution in [3.05, 3.63) is 41.7 Å². The number of rotatable bonds is 3. The fourth-order valence-electron chi connectivity index (χ4n) is 2.14. The van der Waals surface area contributed by atoms with E-state index in [2.05, 4.69) is 54.7 Å². The second-order valence-electron chi connectivity index (χ2n) is 4.40. The van der Waals surface area contributed by atoms with Gasteiger partial charge in [-0.1, -0.05) is 24.3 Å². The molecular formula is C14H19N3. The average Bonchev–Trinajstić information content (AvgIpc) is 2.67. The third-order valence-corrected chi connectivity index (χ3v) is 3.16. The fourth-order valence-corrected chi connectivity index (χ4v) is 2.14. The average molecular weight is 229 g/mol. The van der Waals surface area contributed by atoms with Gasteiger partial charge in [0, 0.05) is 24.8 Å². The molecule has 0 saturated carbocycles. The standard InChI is InChI=1S/C14H19N3/c1-10(15-3)12-7-5-6-8-13(12)14-9-17(4)16-11(14)2/h5-10,15H,1-4H3. The van der Waals surface area contributed by atoms with Gasteiger partial charge in [0.05, 0.1) is 5.69 Å². The van der Waals surface area contributed by atoms with Gasteiger partial charge in [-0.05, 0) is 32.0 Å². The number of aromatic nitrogens is 2. The molecule has 1 heterocycles. The summed E-state index contributed by atoms with van der Waals surface area (Å²) in [6, 6.07) is 8.83. The predicted molar refractivity (Wildman–Crippen MR) is 70.9 cm³/mol. The van der Waals surface area contributed by atoms with Crippen LogP contribution >= 0.6 is 0 Å². The molecule has 1 aromatic carbocycles. The summed E-state index contributed by atoms with van der Waals surface area (Å²) in [6.45, 7) is 4.22. The molecule has 90 valence electrons. The van der Waals surface area contributed by atoms with E-state index in [0.717, 1.165) is 5.69 Å². The minimum atomic E-state index is 0.339. The summed E-state index contributed by atoms with van der Waals surface area (Å²) in [4.78, 5) is 0. The quantitative estimate of drug-likeness (QED) is 0.877. The van der Waals surface area contributed by atoms with E-state index in [-0.39, 0.29) is 0 Å². The minimum Gasteiger partial charge on any atom is -0.313 e. The van der Waals surface area contributed by atoms with Crippen molar-refractivity contribution in [2.24, 2.45) is 7.05 Å². The molecule has 3 nitrogen and oxygen atoms in total. The Hall–Kier alpha value is -1.61. The first-order valence-corrected chi connectivity index (χ1v) is 5.90. The molecule has 17 heavy (non-hydrogen) atoms. The Bertz CT molecular complexity index is 514. The van der Waals surface area contributed by atoms with E-state index in [1.165, 1.54) is 16.7 Å². The third-order valence-electron chi connectivity index (χ3n) is 3.16. The monoisotopic (exact) mass is 229 g/mol. The molecule has 1 atom stereocenters. The van der Waals surface area contributed by atoms with Crippen molar-refractivity contribution in [1.82, 2.24) is 15.1 Å². The maximum atomic E-state index is 4.41. The minimum absolute atomic E-state index is 0.339. The number of benzene rings is 1. The summed E-state index contributed by atoms with van der Waals surface area (Å²) in [5, 5.41) is 7.70. The zero-order chi connectivity index (χ0) is 12.4. The van der Waals surface area contributed by atoms with Crippen molar-refractivity contribution in [1.29, 1.82) is 0 Å². The van der Waals surface area contributed by atoms with Gasteiger partial charge in [-0.3, -0.25) is 4.68 Å². The lowest BCUT2D eigenvalue weighted by Crippen LogP contribution is -2.13. The van der Waals surface area contributed by atoms with Crippen molar-refractivity contribution in [3.63, 3.8) is 0 Å². The summed E-state index contributed by atoms with van der Waals surface area (Å²) >= 11 is 0. The lowest BCUT2D eigenvalue weighted by Gasteiger charge is -2.15. The van der Waals surface area contributed by atoms with Crippen LogP contribution in [-0.4, -0.2) is 16.8 Å². The van der Waals surface area contributed by atoms with Gasteiger partial charge in [0.15, 0.2) is 0 Å². The van der Waals surface area contributed by atoms with Crippen LogP contribution in [0.1, 0.15) is 24.2 Å². The number of nitrogens with one attached hydrogen (secondary N) is 1. The van der Waals surface area contributed by atoms with Crippen LogP contribution in [0.25, 0.3) is 11.1 Å². The van der Waals surface area contributed by atoms with Crippen LogP contribution in [0.2, 0.25) is 0 Å². The van der Waals surface area contributed by atoms with Crippen molar-refractivity contribution >= 4 is 0 Å². The van der Waals surface area contributed by atoms with E-state index in [9.17, 15) is 0 Å². The molecule has 2 rings (SSSR count). The highest BCUT2D eigenvalue weighted by Crippen LogP contribution is 2.29. The van der Waals surface area contributed by atoms with Crippen LogP contribution in [-0.2, 0) is 7.05 Å². The molecule has 0 amide bonds. The Morgan fingerprint density at radius 3 is 2.53 bits per heavy atom. The summed E-state index contributed by atoms with van der Waals surface area (Å²) in [5.41, 5.74) is 4.86. The third kappa shape index (κ3) is 2.24. The molecule has 3 heteroatoms. The summed E-state index contributed by atoms with van der Waals surface area (Å²) in [7, 11) is 3.94. The van der Waals surface area contributed by atoms with Crippen molar-refractivity contribution < 1.29 is 0 Å².